The van der Waals surface area contributed by atoms with E-state index < -0.39 is 0 Å². The van der Waals surface area contributed by atoms with Gasteiger partial charge in [-0.1, -0.05) is 13.3 Å². The second kappa shape index (κ2) is 3.29. The van der Waals surface area contributed by atoms with E-state index >= 15 is 0 Å². The molecule has 2 fully saturated rings. The third-order valence-electron chi connectivity index (χ3n) is 3.62. The maximum Gasteiger partial charge on any atom is 0.237 e. The second-order valence-corrected chi connectivity index (χ2v) is 4.38. The molecule has 1 amide bonds. The number of hydrogen-bond acceptors (Lipinski definition) is 2. The van der Waals surface area contributed by atoms with Gasteiger partial charge in [0.15, 0.2) is 0 Å². The van der Waals surface area contributed by atoms with Crippen LogP contribution in [-0.4, -0.2) is 30.6 Å². The SMILES string of the molecule is CCC1(CN2CNCC2=O)CCC1. The zero-order valence-electron chi connectivity index (χ0n) is 8.31. The number of carbonyl (C=O) groups is 1. The van der Waals surface area contributed by atoms with E-state index in [0.717, 1.165) is 13.2 Å². The second-order valence-electron chi connectivity index (χ2n) is 4.38. The highest BCUT2D eigenvalue weighted by molar-refractivity contribution is 5.80. The monoisotopic (exact) mass is 182 g/mol. The van der Waals surface area contributed by atoms with Crippen LogP contribution in [-0.2, 0) is 4.79 Å². The van der Waals surface area contributed by atoms with Gasteiger partial charge in [-0.15, -0.1) is 0 Å². The highest BCUT2D eigenvalue weighted by atomic mass is 16.2. The average Bonchev–Trinajstić information content (AvgIpc) is 2.44. The van der Waals surface area contributed by atoms with Crippen LogP contribution in [0.5, 0.6) is 0 Å². The number of amides is 1. The van der Waals surface area contributed by atoms with Gasteiger partial charge in [0.2, 0.25) is 5.91 Å². The fraction of sp³-hybridized carbons (Fsp3) is 0.900. The van der Waals surface area contributed by atoms with Gasteiger partial charge in [-0.05, 0) is 24.7 Å². The number of hydrogen-bond donors (Lipinski definition) is 1. The zero-order chi connectivity index (χ0) is 9.31. The Hall–Kier alpha value is -0.570. The summed E-state index contributed by atoms with van der Waals surface area (Å²) in [5.41, 5.74) is 0.474. The zero-order valence-corrected chi connectivity index (χ0v) is 8.31. The van der Waals surface area contributed by atoms with Crippen molar-refractivity contribution in [2.24, 2.45) is 5.41 Å². The minimum atomic E-state index is 0.278. The molecule has 1 saturated heterocycles. The Morgan fingerprint density at radius 1 is 1.54 bits per heavy atom. The molecule has 0 aromatic heterocycles. The minimum Gasteiger partial charge on any atom is -0.328 e. The van der Waals surface area contributed by atoms with E-state index in [1.165, 1.54) is 25.7 Å². The van der Waals surface area contributed by atoms with Gasteiger partial charge >= 0.3 is 0 Å². The summed E-state index contributed by atoms with van der Waals surface area (Å²) < 4.78 is 0. The van der Waals surface area contributed by atoms with Gasteiger partial charge in [-0.2, -0.15) is 0 Å². The van der Waals surface area contributed by atoms with Crippen molar-refractivity contribution < 1.29 is 4.79 Å². The summed E-state index contributed by atoms with van der Waals surface area (Å²) in [6.07, 6.45) is 5.20. The Kier molecular flexibility index (Phi) is 2.28. The average molecular weight is 182 g/mol. The largest absolute Gasteiger partial charge is 0.328 e. The quantitative estimate of drug-likeness (QED) is 0.705. The first-order chi connectivity index (χ1) is 6.26. The van der Waals surface area contributed by atoms with Crippen LogP contribution in [0.1, 0.15) is 32.6 Å². The topological polar surface area (TPSA) is 32.3 Å². The molecule has 0 atom stereocenters. The molecule has 0 aromatic carbocycles. The van der Waals surface area contributed by atoms with E-state index in [4.69, 9.17) is 0 Å². The first-order valence-electron chi connectivity index (χ1n) is 5.24. The van der Waals surface area contributed by atoms with Gasteiger partial charge < -0.3 is 4.90 Å². The molecular formula is C10H18N2O. The first-order valence-corrected chi connectivity index (χ1v) is 5.24. The molecule has 0 bridgehead atoms. The fourth-order valence-corrected chi connectivity index (χ4v) is 2.35. The maximum atomic E-state index is 11.4. The van der Waals surface area contributed by atoms with Gasteiger partial charge in [0.1, 0.15) is 0 Å². The van der Waals surface area contributed by atoms with Gasteiger partial charge in [0.25, 0.3) is 0 Å². The van der Waals surface area contributed by atoms with Gasteiger partial charge in [0, 0.05) is 6.54 Å². The Bertz CT molecular complexity index is 205. The van der Waals surface area contributed by atoms with E-state index in [9.17, 15) is 4.79 Å². The van der Waals surface area contributed by atoms with Crippen LogP contribution in [0.4, 0.5) is 0 Å². The molecule has 1 aliphatic carbocycles. The van der Waals surface area contributed by atoms with E-state index in [-0.39, 0.29) is 5.91 Å². The molecule has 3 nitrogen and oxygen atoms in total. The van der Waals surface area contributed by atoms with Crippen LogP contribution in [0.15, 0.2) is 0 Å². The van der Waals surface area contributed by atoms with Crippen molar-refractivity contribution in [3.8, 4) is 0 Å². The lowest BCUT2D eigenvalue weighted by atomic mass is 9.67. The van der Waals surface area contributed by atoms with Crippen molar-refractivity contribution in [1.29, 1.82) is 0 Å². The molecule has 2 aliphatic rings. The first kappa shape index (κ1) is 9.00. The molecule has 0 radical (unpaired) electrons. The van der Waals surface area contributed by atoms with Crippen molar-refractivity contribution in [3.63, 3.8) is 0 Å². The molecule has 1 heterocycles. The predicted molar refractivity (Wildman–Crippen MR) is 51.2 cm³/mol. The molecule has 0 unspecified atom stereocenters. The number of rotatable bonds is 3. The van der Waals surface area contributed by atoms with Crippen LogP contribution in [0.2, 0.25) is 0 Å². The number of nitrogens with one attached hydrogen (secondary N) is 1. The molecule has 13 heavy (non-hydrogen) atoms. The van der Waals surface area contributed by atoms with Crippen LogP contribution in [0, 0.1) is 5.41 Å². The molecule has 74 valence electrons. The lowest BCUT2D eigenvalue weighted by Crippen LogP contribution is -2.43. The van der Waals surface area contributed by atoms with E-state index in [1.807, 2.05) is 4.90 Å². The molecule has 2 rings (SSSR count). The van der Waals surface area contributed by atoms with E-state index in [2.05, 4.69) is 12.2 Å². The van der Waals surface area contributed by atoms with Crippen molar-refractivity contribution in [1.82, 2.24) is 10.2 Å². The van der Waals surface area contributed by atoms with Crippen molar-refractivity contribution in [2.75, 3.05) is 19.8 Å². The summed E-state index contributed by atoms with van der Waals surface area (Å²) in [6.45, 7) is 4.53. The molecule has 3 heteroatoms. The highest BCUT2D eigenvalue weighted by Crippen LogP contribution is 2.44. The smallest absolute Gasteiger partial charge is 0.237 e. The Labute approximate surface area is 79.5 Å². The third kappa shape index (κ3) is 1.57. The normalized spacial score (nSPS) is 26.2. The predicted octanol–water partition coefficient (Wildman–Crippen LogP) is 0.956. The molecule has 0 aromatic rings. The van der Waals surface area contributed by atoms with Crippen molar-refractivity contribution in [3.05, 3.63) is 0 Å². The summed E-state index contributed by atoms with van der Waals surface area (Å²) >= 11 is 0. The number of carbonyl (C=O) groups excluding carboxylic acids is 1. The van der Waals surface area contributed by atoms with Crippen molar-refractivity contribution >= 4 is 5.91 Å². The van der Waals surface area contributed by atoms with Gasteiger partial charge in [-0.3, -0.25) is 10.1 Å². The lowest BCUT2D eigenvalue weighted by Gasteiger charge is -2.43. The molecule has 0 spiro atoms. The summed E-state index contributed by atoms with van der Waals surface area (Å²) in [4.78, 5) is 13.3. The maximum absolute atomic E-state index is 11.4. The fourth-order valence-electron chi connectivity index (χ4n) is 2.35. The summed E-state index contributed by atoms with van der Waals surface area (Å²) in [5, 5.41) is 3.09. The molecule has 1 N–H and O–H groups in total. The van der Waals surface area contributed by atoms with Crippen LogP contribution >= 0.6 is 0 Å². The molecule has 1 aliphatic heterocycles. The van der Waals surface area contributed by atoms with Crippen molar-refractivity contribution in [2.45, 2.75) is 32.6 Å². The van der Waals surface area contributed by atoms with Gasteiger partial charge in [0.05, 0.1) is 13.2 Å². The standard InChI is InChI=1S/C10H18N2O/c1-2-10(4-3-5-10)7-12-8-11-6-9(12)13/h11H,2-8H2,1H3. The minimum absolute atomic E-state index is 0.278. The van der Waals surface area contributed by atoms with Crippen LogP contribution < -0.4 is 5.32 Å². The molecule has 1 saturated carbocycles. The Morgan fingerprint density at radius 2 is 2.31 bits per heavy atom. The van der Waals surface area contributed by atoms with Crippen LogP contribution in [0.3, 0.4) is 0 Å². The lowest BCUT2D eigenvalue weighted by molar-refractivity contribution is -0.129. The summed E-state index contributed by atoms with van der Waals surface area (Å²) in [7, 11) is 0. The Balaban J connectivity index is 1.92. The highest BCUT2D eigenvalue weighted by Gasteiger charge is 2.38. The van der Waals surface area contributed by atoms with E-state index in [1.54, 1.807) is 0 Å². The summed E-state index contributed by atoms with van der Waals surface area (Å²) in [6, 6.07) is 0. The Morgan fingerprint density at radius 3 is 2.69 bits per heavy atom. The van der Waals surface area contributed by atoms with E-state index in [0.29, 0.717) is 12.0 Å². The number of nitrogens with zero attached hydrogens (tertiary/aromatic N) is 1. The van der Waals surface area contributed by atoms with Crippen LogP contribution in [0.25, 0.3) is 0 Å². The molecular weight excluding hydrogens is 164 g/mol. The van der Waals surface area contributed by atoms with Gasteiger partial charge in [-0.25, -0.2) is 0 Å². The summed E-state index contributed by atoms with van der Waals surface area (Å²) in [5.74, 6) is 0.278. The third-order valence-corrected chi connectivity index (χ3v) is 3.62.